The minimum atomic E-state index is -3.73. The maximum atomic E-state index is 12.8. The van der Waals surface area contributed by atoms with E-state index in [9.17, 15) is 13.2 Å². The van der Waals surface area contributed by atoms with Crippen molar-refractivity contribution in [3.05, 3.63) is 23.3 Å². The maximum Gasteiger partial charge on any atom is 0.244 e. The van der Waals surface area contributed by atoms with E-state index in [1.807, 2.05) is 6.92 Å². The second-order valence-corrected chi connectivity index (χ2v) is 7.05. The molecular weight excluding hydrogens is 292 g/mol. The van der Waals surface area contributed by atoms with Gasteiger partial charge in [-0.1, -0.05) is 0 Å². The van der Waals surface area contributed by atoms with Gasteiger partial charge in [0.1, 0.15) is 11.8 Å². The van der Waals surface area contributed by atoms with Gasteiger partial charge in [0.05, 0.1) is 12.0 Å². The smallest absolute Gasteiger partial charge is 0.244 e. The minimum Gasteiger partial charge on any atom is -0.496 e. The van der Waals surface area contributed by atoms with Crippen LogP contribution in [0.25, 0.3) is 0 Å². The predicted octanol–water partition coefficient (Wildman–Crippen LogP) is 0.950. The van der Waals surface area contributed by atoms with Gasteiger partial charge in [-0.25, -0.2) is 8.42 Å². The fourth-order valence-corrected chi connectivity index (χ4v) is 4.66. The van der Waals surface area contributed by atoms with Crippen LogP contribution in [0.1, 0.15) is 24.0 Å². The lowest BCUT2D eigenvalue weighted by Crippen LogP contribution is -2.43. The fourth-order valence-electron chi connectivity index (χ4n) is 2.71. The lowest BCUT2D eigenvalue weighted by Gasteiger charge is -2.23. The molecule has 1 aliphatic rings. The third-order valence-electron chi connectivity index (χ3n) is 4.03. The summed E-state index contributed by atoms with van der Waals surface area (Å²) < 4.78 is 32.0. The number of carbonyl (C=O) groups is 1. The first-order valence-electron chi connectivity index (χ1n) is 6.76. The Kier molecular flexibility index (Phi) is 4.25. The molecule has 1 saturated heterocycles. The molecule has 1 amide bonds. The molecular formula is C14H20N2O4S. The van der Waals surface area contributed by atoms with Crippen LogP contribution in [0.2, 0.25) is 0 Å². The third kappa shape index (κ3) is 2.63. The van der Waals surface area contributed by atoms with Crippen LogP contribution in [0.4, 0.5) is 0 Å². The molecule has 1 heterocycles. The molecule has 0 radical (unpaired) electrons. The summed E-state index contributed by atoms with van der Waals surface area (Å²) in [6, 6.07) is 2.40. The lowest BCUT2D eigenvalue weighted by atomic mass is 10.1. The second-order valence-electron chi connectivity index (χ2n) is 5.19. The van der Waals surface area contributed by atoms with Gasteiger partial charge in [-0.15, -0.1) is 0 Å². The summed E-state index contributed by atoms with van der Waals surface area (Å²) in [5, 5.41) is 0. The average molecular weight is 312 g/mol. The molecule has 1 atom stereocenters. The monoisotopic (exact) mass is 312 g/mol. The van der Waals surface area contributed by atoms with Crippen LogP contribution in [-0.4, -0.2) is 38.3 Å². The number of benzene rings is 1. The van der Waals surface area contributed by atoms with Gasteiger partial charge >= 0.3 is 0 Å². The SMILES string of the molecule is COc1ccc(S(=O)(=O)N2CCCC2C(N)=O)c(C)c1C. The van der Waals surface area contributed by atoms with Gasteiger partial charge < -0.3 is 10.5 Å². The molecule has 1 aromatic carbocycles. The van der Waals surface area contributed by atoms with Crippen molar-refractivity contribution in [1.82, 2.24) is 4.31 Å². The number of methoxy groups -OCH3 is 1. The van der Waals surface area contributed by atoms with E-state index in [2.05, 4.69) is 0 Å². The summed E-state index contributed by atoms with van der Waals surface area (Å²) in [5.41, 5.74) is 6.71. The third-order valence-corrected chi connectivity index (χ3v) is 6.08. The number of rotatable bonds is 4. The van der Waals surface area contributed by atoms with E-state index in [0.717, 1.165) is 5.56 Å². The first-order chi connectivity index (χ1) is 9.80. The van der Waals surface area contributed by atoms with Gasteiger partial charge in [0, 0.05) is 6.54 Å². The first kappa shape index (κ1) is 15.8. The Hall–Kier alpha value is -1.60. The molecule has 0 spiro atoms. The van der Waals surface area contributed by atoms with E-state index in [-0.39, 0.29) is 4.90 Å². The number of nitrogens with zero attached hydrogens (tertiary/aromatic N) is 1. The van der Waals surface area contributed by atoms with Gasteiger partial charge in [-0.2, -0.15) is 4.31 Å². The van der Waals surface area contributed by atoms with Crippen LogP contribution in [0, 0.1) is 13.8 Å². The van der Waals surface area contributed by atoms with Crippen molar-refractivity contribution in [2.75, 3.05) is 13.7 Å². The number of nitrogens with two attached hydrogens (primary N) is 1. The topological polar surface area (TPSA) is 89.7 Å². The van der Waals surface area contributed by atoms with Crippen LogP contribution in [-0.2, 0) is 14.8 Å². The zero-order chi connectivity index (χ0) is 15.8. The van der Waals surface area contributed by atoms with Crippen molar-refractivity contribution in [1.29, 1.82) is 0 Å². The van der Waals surface area contributed by atoms with E-state index in [1.165, 1.54) is 10.4 Å². The van der Waals surface area contributed by atoms with Crippen molar-refractivity contribution >= 4 is 15.9 Å². The molecule has 6 nitrogen and oxygen atoms in total. The summed E-state index contributed by atoms with van der Waals surface area (Å²) in [7, 11) is -2.19. The molecule has 2 rings (SSSR count). The fraction of sp³-hybridized carbons (Fsp3) is 0.500. The molecule has 1 unspecified atom stereocenters. The normalized spacial score (nSPS) is 19.7. The van der Waals surface area contributed by atoms with Crippen molar-refractivity contribution in [3.8, 4) is 5.75 Å². The van der Waals surface area contributed by atoms with Crippen molar-refractivity contribution < 1.29 is 17.9 Å². The predicted molar refractivity (Wildman–Crippen MR) is 78.6 cm³/mol. The summed E-state index contributed by atoms with van der Waals surface area (Å²) >= 11 is 0. The highest BCUT2D eigenvalue weighted by Crippen LogP contribution is 2.32. The van der Waals surface area contributed by atoms with Crippen LogP contribution < -0.4 is 10.5 Å². The number of primary amides is 1. The molecule has 0 aliphatic carbocycles. The second kappa shape index (κ2) is 5.65. The standard InChI is InChI=1S/C14H20N2O4S/c1-9-10(2)13(7-6-12(9)20-3)21(18,19)16-8-4-5-11(16)14(15)17/h6-7,11H,4-5,8H2,1-3H3,(H2,15,17). The Morgan fingerprint density at radius 3 is 2.57 bits per heavy atom. The largest absolute Gasteiger partial charge is 0.496 e. The molecule has 1 aliphatic heterocycles. The van der Waals surface area contributed by atoms with Crippen LogP contribution in [0.5, 0.6) is 5.75 Å². The number of amides is 1. The number of hydrogen-bond acceptors (Lipinski definition) is 4. The van der Waals surface area contributed by atoms with E-state index >= 15 is 0 Å². The Balaban J connectivity index is 2.50. The van der Waals surface area contributed by atoms with Crippen LogP contribution in [0.3, 0.4) is 0 Å². The summed E-state index contributed by atoms with van der Waals surface area (Å²) in [4.78, 5) is 11.6. The number of ether oxygens (including phenoxy) is 1. The van der Waals surface area contributed by atoms with E-state index in [4.69, 9.17) is 10.5 Å². The van der Waals surface area contributed by atoms with Gasteiger partial charge in [-0.05, 0) is 49.9 Å². The number of hydrogen-bond donors (Lipinski definition) is 1. The maximum absolute atomic E-state index is 12.8. The van der Waals surface area contributed by atoms with Gasteiger partial charge in [0.25, 0.3) is 0 Å². The molecule has 1 aromatic rings. The number of sulfonamides is 1. The van der Waals surface area contributed by atoms with Gasteiger partial charge in [0.2, 0.25) is 15.9 Å². The summed E-state index contributed by atoms with van der Waals surface area (Å²) in [6.07, 6.45) is 1.11. The minimum absolute atomic E-state index is 0.203. The number of carbonyl (C=O) groups excluding carboxylic acids is 1. The van der Waals surface area contributed by atoms with Crippen molar-refractivity contribution in [3.63, 3.8) is 0 Å². The summed E-state index contributed by atoms with van der Waals surface area (Å²) in [5.74, 6) is 0.0401. The van der Waals surface area contributed by atoms with Gasteiger partial charge in [-0.3, -0.25) is 4.79 Å². The highest BCUT2D eigenvalue weighted by Gasteiger charge is 2.39. The molecule has 2 N–H and O–H groups in total. The molecule has 116 valence electrons. The van der Waals surface area contributed by atoms with Crippen LogP contribution in [0.15, 0.2) is 17.0 Å². The quantitative estimate of drug-likeness (QED) is 0.896. The van der Waals surface area contributed by atoms with E-state index < -0.39 is 22.0 Å². The molecule has 1 fully saturated rings. The molecule has 7 heteroatoms. The Morgan fingerprint density at radius 2 is 2.00 bits per heavy atom. The Labute approximate surface area is 124 Å². The highest BCUT2D eigenvalue weighted by molar-refractivity contribution is 7.89. The first-order valence-corrected chi connectivity index (χ1v) is 8.20. The Bertz CT molecular complexity index is 670. The zero-order valence-electron chi connectivity index (χ0n) is 12.4. The average Bonchev–Trinajstić information content (AvgIpc) is 2.91. The lowest BCUT2D eigenvalue weighted by molar-refractivity contribution is -0.121. The van der Waals surface area contributed by atoms with Crippen molar-refractivity contribution in [2.24, 2.45) is 5.73 Å². The summed E-state index contributed by atoms with van der Waals surface area (Å²) in [6.45, 7) is 3.86. The van der Waals surface area contributed by atoms with Crippen LogP contribution >= 0.6 is 0 Å². The van der Waals surface area contributed by atoms with E-state index in [0.29, 0.717) is 30.7 Å². The van der Waals surface area contributed by atoms with Gasteiger partial charge in [0.15, 0.2) is 0 Å². The molecule has 0 bridgehead atoms. The molecule has 21 heavy (non-hydrogen) atoms. The molecule has 0 aromatic heterocycles. The van der Waals surface area contributed by atoms with E-state index in [1.54, 1.807) is 20.1 Å². The zero-order valence-corrected chi connectivity index (χ0v) is 13.2. The molecule has 0 saturated carbocycles. The van der Waals surface area contributed by atoms with Crippen molar-refractivity contribution in [2.45, 2.75) is 37.6 Å². The Morgan fingerprint density at radius 1 is 1.33 bits per heavy atom. The highest BCUT2D eigenvalue weighted by atomic mass is 32.2.